The minimum atomic E-state index is -3.36. The van der Waals surface area contributed by atoms with Crippen LogP contribution in [-0.4, -0.2) is 26.1 Å². The maximum atomic E-state index is 13.1. The first-order chi connectivity index (χ1) is 12.2. The van der Waals surface area contributed by atoms with Crippen LogP contribution < -0.4 is 10.2 Å². The third kappa shape index (κ3) is 2.47. The molecule has 2 aliphatic rings. The predicted molar refractivity (Wildman–Crippen MR) is 99.7 cm³/mol. The van der Waals surface area contributed by atoms with Crippen LogP contribution in [0, 0.1) is 0 Å². The third-order valence-electron chi connectivity index (χ3n) is 4.88. The second-order valence-corrected chi connectivity index (χ2v) is 9.56. The third-order valence-corrected chi connectivity index (χ3v) is 7.16. The number of sulfone groups is 1. The van der Waals surface area contributed by atoms with Crippen molar-refractivity contribution in [3.8, 4) is 0 Å². The van der Waals surface area contributed by atoms with E-state index in [-0.39, 0.29) is 16.3 Å². The quantitative estimate of drug-likeness (QED) is 0.736. The molecule has 3 amide bonds. The predicted octanol–water partition coefficient (Wildman–Crippen LogP) is 2.75. The number of aryl methyl sites for hydroxylation is 1. The molecule has 1 fully saturated rings. The summed E-state index contributed by atoms with van der Waals surface area (Å²) in [4.78, 5) is 26.9. The van der Waals surface area contributed by atoms with Crippen molar-refractivity contribution >= 4 is 43.4 Å². The molecule has 8 heteroatoms. The molecule has 0 spiro atoms. The van der Waals surface area contributed by atoms with E-state index in [1.807, 2.05) is 6.07 Å². The van der Waals surface area contributed by atoms with Gasteiger partial charge in [-0.15, -0.1) is 0 Å². The van der Waals surface area contributed by atoms with E-state index in [2.05, 4.69) is 21.2 Å². The van der Waals surface area contributed by atoms with Gasteiger partial charge in [0, 0.05) is 4.47 Å². The van der Waals surface area contributed by atoms with Crippen molar-refractivity contribution in [3.05, 3.63) is 58.1 Å². The number of carbonyl (C=O) groups excluding carboxylic acids is 2. The van der Waals surface area contributed by atoms with Crippen LogP contribution in [0.25, 0.3) is 0 Å². The summed E-state index contributed by atoms with van der Waals surface area (Å²) < 4.78 is 25.1. The van der Waals surface area contributed by atoms with E-state index in [0.29, 0.717) is 12.0 Å². The number of nitrogens with zero attached hydrogens (tertiary/aromatic N) is 1. The minimum Gasteiger partial charge on any atom is -0.319 e. The molecule has 1 N–H and O–H groups in total. The van der Waals surface area contributed by atoms with Gasteiger partial charge >= 0.3 is 6.03 Å². The van der Waals surface area contributed by atoms with Gasteiger partial charge in [0.25, 0.3) is 5.91 Å². The smallest absolute Gasteiger partial charge is 0.319 e. The molecule has 4 rings (SSSR count). The van der Waals surface area contributed by atoms with Crippen LogP contribution in [-0.2, 0) is 26.6 Å². The zero-order valence-corrected chi connectivity index (χ0v) is 16.2. The Morgan fingerprint density at radius 2 is 1.92 bits per heavy atom. The average molecular weight is 435 g/mol. The van der Waals surface area contributed by atoms with E-state index >= 15 is 0 Å². The molecule has 0 saturated carbocycles. The summed E-state index contributed by atoms with van der Waals surface area (Å²) in [5, 5.41) is 2.73. The Hall–Kier alpha value is -2.19. The van der Waals surface area contributed by atoms with Crippen LogP contribution in [0.5, 0.6) is 0 Å². The number of nitrogens with one attached hydrogen (secondary N) is 1. The number of anilines is 1. The van der Waals surface area contributed by atoms with E-state index in [1.54, 1.807) is 37.3 Å². The van der Waals surface area contributed by atoms with Crippen LogP contribution in [0.15, 0.2) is 51.8 Å². The highest BCUT2D eigenvalue weighted by Crippen LogP contribution is 2.36. The van der Waals surface area contributed by atoms with Gasteiger partial charge in [0.15, 0.2) is 9.84 Å². The molecular weight excluding hydrogens is 420 g/mol. The number of urea groups is 1. The Labute approximate surface area is 159 Å². The fraction of sp³-hybridized carbons (Fsp3) is 0.222. The van der Waals surface area contributed by atoms with Gasteiger partial charge in [-0.05, 0) is 48.7 Å². The molecule has 1 unspecified atom stereocenters. The lowest BCUT2D eigenvalue weighted by Crippen LogP contribution is -2.40. The molecule has 0 bridgehead atoms. The zero-order valence-electron chi connectivity index (χ0n) is 13.8. The normalized spacial score (nSPS) is 23.8. The molecule has 1 saturated heterocycles. The van der Waals surface area contributed by atoms with Crippen molar-refractivity contribution in [2.75, 3.05) is 10.7 Å². The fourth-order valence-electron chi connectivity index (χ4n) is 3.40. The number of fused-ring (bicyclic) bond motifs is 1. The van der Waals surface area contributed by atoms with Crippen molar-refractivity contribution in [2.45, 2.75) is 23.8 Å². The largest absolute Gasteiger partial charge is 0.329 e. The molecule has 2 aliphatic heterocycles. The molecule has 2 heterocycles. The fourth-order valence-corrected chi connectivity index (χ4v) is 5.38. The number of hydrogen-bond acceptors (Lipinski definition) is 4. The highest BCUT2D eigenvalue weighted by Gasteiger charge is 2.50. The average Bonchev–Trinajstić information content (AvgIpc) is 3.01. The molecule has 2 aromatic rings. The Morgan fingerprint density at radius 1 is 1.15 bits per heavy atom. The van der Waals surface area contributed by atoms with E-state index < -0.39 is 27.3 Å². The minimum absolute atomic E-state index is 0.0572. The number of benzene rings is 2. The number of halogens is 1. The Balaban J connectivity index is 1.78. The van der Waals surface area contributed by atoms with E-state index in [1.165, 1.54) is 6.07 Å². The van der Waals surface area contributed by atoms with E-state index in [9.17, 15) is 18.0 Å². The highest BCUT2D eigenvalue weighted by molar-refractivity contribution is 9.10. The Kier molecular flexibility index (Phi) is 3.75. The summed E-state index contributed by atoms with van der Waals surface area (Å²) in [7, 11) is -3.36. The molecule has 0 radical (unpaired) electrons. The lowest BCUT2D eigenvalue weighted by molar-refractivity contribution is -0.121. The molecule has 2 aromatic carbocycles. The number of rotatable bonds is 2. The molecule has 1 atom stereocenters. The van der Waals surface area contributed by atoms with E-state index in [4.69, 9.17) is 0 Å². The monoisotopic (exact) mass is 434 g/mol. The van der Waals surface area contributed by atoms with Gasteiger partial charge in [-0.3, -0.25) is 4.79 Å². The van der Waals surface area contributed by atoms with E-state index in [0.717, 1.165) is 14.9 Å². The number of imide groups is 1. The summed E-state index contributed by atoms with van der Waals surface area (Å²) >= 11 is 3.37. The van der Waals surface area contributed by atoms with Gasteiger partial charge in [0.2, 0.25) is 0 Å². The molecule has 6 nitrogen and oxygen atoms in total. The standard InChI is InChI=1S/C18H15BrN2O4S/c1-18(12-3-2-4-13(19)9-12)16(22)21(17(23)20-18)14-6-5-11-7-8-26(24,25)15(11)10-14/h2-6,9-10H,7-8H2,1H3,(H,20,23). The summed E-state index contributed by atoms with van der Waals surface area (Å²) in [5.74, 6) is -0.391. The van der Waals surface area contributed by atoms with Gasteiger partial charge in [-0.2, -0.15) is 0 Å². The van der Waals surface area contributed by atoms with Crippen molar-refractivity contribution in [3.63, 3.8) is 0 Å². The molecular formula is C18H15BrN2O4S. The second-order valence-electron chi connectivity index (χ2n) is 6.57. The first-order valence-electron chi connectivity index (χ1n) is 8.01. The van der Waals surface area contributed by atoms with Gasteiger partial charge in [-0.25, -0.2) is 18.1 Å². The van der Waals surface area contributed by atoms with Gasteiger partial charge in [0.1, 0.15) is 5.54 Å². The van der Waals surface area contributed by atoms with Crippen LogP contribution in [0.1, 0.15) is 18.1 Å². The molecule has 0 aliphatic carbocycles. The van der Waals surface area contributed by atoms with Crippen molar-refractivity contribution in [1.82, 2.24) is 5.32 Å². The summed E-state index contributed by atoms with van der Waals surface area (Å²) in [6, 6.07) is 11.3. The Bertz CT molecular complexity index is 1070. The van der Waals surface area contributed by atoms with Crippen molar-refractivity contribution in [1.29, 1.82) is 0 Å². The number of amides is 3. The summed E-state index contributed by atoms with van der Waals surface area (Å²) in [6.07, 6.45) is 0.452. The number of carbonyl (C=O) groups is 2. The van der Waals surface area contributed by atoms with Crippen LogP contribution in [0.2, 0.25) is 0 Å². The lowest BCUT2D eigenvalue weighted by Gasteiger charge is -2.22. The van der Waals surface area contributed by atoms with Gasteiger partial charge in [0.05, 0.1) is 16.3 Å². The van der Waals surface area contributed by atoms with Crippen LogP contribution >= 0.6 is 15.9 Å². The molecule has 0 aromatic heterocycles. The maximum absolute atomic E-state index is 13.1. The van der Waals surface area contributed by atoms with Crippen molar-refractivity contribution < 1.29 is 18.0 Å². The van der Waals surface area contributed by atoms with Gasteiger partial charge < -0.3 is 5.32 Å². The first kappa shape index (κ1) is 17.2. The Morgan fingerprint density at radius 3 is 2.65 bits per heavy atom. The van der Waals surface area contributed by atoms with Gasteiger partial charge in [-0.1, -0.05) is 34.1 Å². The first-order valence-corrected chi connectivity index (χ1v) is 10.5. The zero-order chi connectivity index (χ0) is 18.7. The van der Waals surface area contributed by atoms with Crippen LogP contribution in [0.3, 0.4) is 0 Å². The SMILES string of the molecule is CC1(c2cccc(Br)c2)NC(=O)N(c2ccc3c(c2)S(=O)(=O)CC3)C1=O. The highest BCUT2D eigenvalue weighted by atomic mass is 79.9. The topological polar surface area (TPSA) is 83.6 Å². The molecule has 134 valence electrons. The summed E-state index contributed by atoms with van der Waals surface area (Å²) in [6.45, 7) is 1.64. The van der Waals surface area contributed by atoms with Crippen molar-refractivity contribution in [2.24, 2.45) is 0 Å². The lowest BCUT2D eigenvalue weighted by atomic mass is 9.92. The molecule has 26 heavy (non-hydrogen) atoms. The number of hydrogen-bond donors (Lipinski definition) is 1. The maximum Gasteiger partial charge on any atom is 0.329 e. The second kappa shape index (κ2) is 5.65. The summed E-state index contributed by atoms with van der Waals surface area (Å²) in [5.41, 5.74) is 0.395. The van der Waals surface area contributed by atoms with Crippen LogP contribution in [0.4, 0.5) is 10.5 Å².